The summed E-state index contributed by atoms with van der Waals surface area (Å²) >= 11 is 1.46. The summed E-state index contributed by atoms with van der Waals surface area (Å²) in [6.45, 7) is 0.792. The van der Waals surface area contributed by atoms with E-state index in [0.717, 1.165) is 17.1 Å². The van der Waals surface area contributed by atoms with Crippen molar-refractivity contribution in [2.45, 2.75) is 17.5 Å². The lowest BCUT2D eigenvalue weighted by Crippen LogP contribution is -2.20. The third-order valence-electron chi connectivity index (χ3n) is 5.07. The van der Waals surface area contributed by atoms with Crippen molar-refractivity contribution in [3.63, 3.8) is 0 Å². The lowest BCUT2D eigenvalue weighted by Gasteiger charge is -2.18. The second-order valence-electron chi connectivity index (χ2n) is 7.16. The predicted molar refractivity (Wildman–Crippen MR) is 117 cm³/mol. The number of aromatic nitrogens is 8. The summed E-state index contributed by atoms with van der Waals surface area (Å²) in [5, 5.41) is 21.1. The molecule has 0 aliphatic carbocycles. The third kappa shape index (κ3) is 3.47. The zero-order valence-corrected chi connectivity index (χ0v) is 17.8. The number of thioether (sulfide) groups is 1. The Morgan fingerprint density at radius 2 is 2.03 bits per heavy atom. The molecule has 0 saturated heterocycles. The standard InChI is InChI=1S/C20H16N8O4S/c29-9-16-22-19(25-24-16)27-4-3-13-12(17(27)30)8-21-18-23-20(26-28(13)18)33-10-11-1-2-14-15(7-11)32-6-5-31-14/h1-4,7-8,29H,5-6,9-10H2,(H,22,24,25). The molecule has 1 aliphatic rings. The maximum atomic E-state index is 13.0. The maximum Gasteiger partial charge on any atom is 0.268 e. The second-order valence-corrected chi connectivity index (χ2v) is 8.10. The van der Waals surface area contributed by atoms with Crippen molar-refractivity contribution in [1.29, 1.82) is 0 Å². The number of H-pyrrole nitrogens is 1. The summed E-state index contributed by atoms with van der Waals surface area (Å²) in [7, 11) is 0. The Kier molecular flexibility index (Phi) is 4.69. The lowest BCUT2D eigenvalue weighted by molar-refractivity contribution is 0.171. The zero-order valence-electron chi connectivity index (χ0n) is 17.0. The van der Waals surface area contributed by atoms with Gasteiger partial charge in [0.15, 0.2) is 17.3 Å². The minimum Gasteiger partial charge on any atom is -0.486 e. The molecule has 5 aromatic rings. The molecule has 0 bridgehead atoms. The van der Waals surface area contributed by atoms with Gasteiger partial charge in [-0.2, -0.15) is 14.5 Å². The van der Waals surface area contributed by atoms with Gasteiger partial charge in [0, 0.05) is 18.1 Å². The van der Waals surface area contributed by atoms with Gasteiger partial charge in [-0.05, 0) is 23.8 Å². The molecular weight excluding hydrogens is 448 g/mol. The van der Waals surface area contributed by atoms with Crippen LogP contribution in [0.2, 0.25) is 0 Å². The Bertz CT molecular complexity index is 1560. The quantitative estimate of drug-likeness (QED) is 0.363. The fourth-order valence-electron chi connectivity index (χ4n) is 3.51. The molecule has 12 nitrogen and oxygen atoms in total. The van der Waals surface area contributed by atoms with E-state index in [9.17, 15) is 4.79 Å². The first-order valence-corrected chi connectivity index (χ1v) is 11.0. The largest absolute Gasteiger partial charge is 0.486 e. The Balaban J connectivity index is 1.31. The first-order valence-electron chi connectivity index (χ1n) is 10.0. The molecule has 4 aromatic heterocycles. The van der Waals surface area contributed by atoms with Crippen LogP contribution in [0.25, 0.3) is 22.6 Å². The van der Waals surface area contributed by atoms with E-state index in [1.54, 1.807) is 16.8 Å². The minimum absolute atomic E-state index is 0.139. The number of hydrogen-bond acceptors (Lipinski definition) is 10. The Morgan fingerprint density at radius 1 is 1.15 bits per heavy atom. The molecule has 0 unspecified atom stereocenters. The monoisotopic (exact) mass is 464 g/mol. The summed E-state index contributed by atoms with van der Waals surface area (Å²) in [5.41, 5.74) is 1.27. The number of pyridine rings is 1. The molecule has 0 atom stereocenters. The normalized spacial score (nSPS) is 13.1. The molecule has 0 fully saturated rings. The van der Waals surface area contributed by atoms with E-state index < -0.39 is 0 Å². The van der Waals surface area contributed by atoms with Gasteiger partial charge in [0.2, 0.25) is 5.16 Å². The van der Waals surface area contributed by atoms with Gasteiger partial charge in [-0.25, -0.2) is 9.55 Å². The van der Waals surface area contributed by atoms with E-state index in [1.807, 2.05) is 18.2 Å². The van der Waals surface area contributed by atoms with Gasteiger partial charge in [0.1, 0.15) is 19.8 Å². The van der Waals surface area contributed by atoms with Gasteiger partial charge in [-0.1, -0.05) is 17.8 Å². The summed E-state index contributed by atoms with van der Waals surface area (Å²) in [5.74, 6) is 2.92. The van der Waals surface area contributed by atoms with Crippen LogP contribution in [0.1, 0.15) is 11.4 Å². The number of nitrogens with zero attached hydrogens (tertiary/aromatic N) is 7. The van der Waals surface area contributed by atoms with Crippen molar-refractivity contribution in [3.05, 3.63) is 58.4 Å². The van der Waals surface area contributed by atoms with Crippen molar-refractivity contribution in [3.8, 4) is 17.4 Å². The molecule has 5 heterocycles. The molecule has 0 radical (unpaired) electrons. The highest BCUT2D eigenvalue weighted by Gasteiger charge is 2.15. The average Bonchev–Trinajstić information content (AvgIpc) is 3.50. The number of aliphatic hydroxyl groups is 1. The van der Waals surface area contributed by atoms with Gasteiger partial charge in [0.25, 0.3) is 17.3 Å². The van der Waals surface area contributed by atoms with Crippen LogP contribution < -0.4 is 15.0 Å². The number of nitrogens with one attached hydrogen (secondary N) is 1. The molecule has 0 saturated carbocycles. The van der Waals surface area contributed by atoms with E-state index >= 15 is 0 Å². The lowest BCUT2D eigenvalue weighted by atomic mass is 10.2. The van der Waals surface area contributed by atoms with Gasteiger partial charge in [-0.15, -0.1) is 10.2 Å². The number of benzene rings is 1. The van der Waals surface area contributed by atoms with Crippen molar-refractivity contribution >= 4 is 28.4 Å². The van der Waals surface area contributed by atoms with Crippen LogP contribution >= 0.6 is 11.8 Å². The Labute approximate surface area is 189 Å². The molecule has 0 spiro atoms. The SMILES string of the molecule is O=c1c2cnc3nc(SCc4ccc5c(c4)OCCO5)nn3c2ccn1-c1n[nH]c(CO)n1. The first kappa shape index (κ1) is 19.7. The summed E-state index contributed by atoms with van der Waals surface area (Å²) in [6.07, 6.45) is 3.02. The molecule has 13 heteroatoms. The van der Waals surface area contributed by atoms with E-state index in [0.29, 0.717) is 40.8 Å². The van der Waals surface area contributed by atoms with Crippen molar-refractivity contribution in [2.24, 2.45) is 0 Å². The topological polar surface area (TPSA) is 145 Å². The third-order valence-corrected chi connectivity index (χ3v) is 5.98. The van der Waals surface area contributed by atoms with E-state index in [1.165, 1.54) is 22.5 Å². The predicted octanol–water partition coefficient (Wildman–Crippen LogP) is 1.10. The fourth-order valence-corrected chi connectivity index (χ4v) is 4.27. The van der Waals surface area contributed by atoms with Crippen molar-refractivity contribution in [2.75, 3.05) is 13.2 Å². The molecule has 2 N–H and O–H groups in total. The van der Waals surface area contributed by atoms with Crippen LogP contribution in [0.15, 0.2) is 46.6 Å². The molecule has 6 rings (SSSR count). The van der Waals surface area contributed by atoms with Crippen LogP contribution in [0.5, 0.6) is 11.5 Å². The number of aromatic amines is 1. The Morgan fingerprint density at radius 3 is 2.88 bits per heavy atom. The smallest absolute Gasteiger partial charge is 0.268 e. The van der Waals surface area contributed by atoms with Crippen LogP contribution in [-0.4, -0.2) is 57.7 Å². The van der Waals surface area contributed by atoms with Crippen LogP contribution in [-0.2, 0) is 12.4 Å². The Hall–Kier alpha value is -3.97. The van der Waals surface area contributed by atoms with Gasteiger partial charge >= 0.3 is 0 Å². The van der Waals surface area contributed by atoms with Crippen molar-refractivity contribution in [1.82, 2.24) is 39.3 Å². The minimum atomic E-state index is -0.355. The van der Waals surface area contributed by atoms with E-state index in [-0.39, 0.29) is 23.9 Å². The van der Waals surface area contributed by atoms with Gasteiger partial charge in [0.05, 0.1) is 10.9 Å². The summed E-state index contributed by atoms with van der Waals surface area (Å²) in [4.78, 5) is 25.8. The van der Waals surface area contributed by atoms with E-state index in [4.69, 9.17) is 14.6 Å². The molecular formula is C20H16N8O4S. The first-order chi connectivity index (χ1) is 16.2. The highest BCUT2D eigenvalue weighted by molar-refractivity contribution is 7.98. The molecule has 0 amide bonds. The van der Waals surface area contributed by atoms with Crippen LogP contribution in [0.4, 0.5) is 0 Å². The molecule has 33 heavy (non-hydrogen) atoms. The highest BCUT2D eigenvalue weighted by Crippen LogP contribution is 2.32. The van der Waals surface area contributed by atoms with E-state index in [2.05, 4.69) is 30.2 Å². The molecule has 1 aliphatic heterocycles. The van der Waals surface area contributed by atoms with Crippen molar-refractivity contribution < 1.29 is 14.6 Å². The number of aliphatic hydroxyl groups excluding tert-OH is 1. The second kappa shape index (κ2) is 7.86. The van der Waals surface area contributed by atoms with Gasteiger partial charge in [-0.3, -0.25) is 9.89 Å². The average molecular weight is 464 g/mol. The number of ether oxygens (including phenoxy) is 2. The van der Waals surface area contributed by atoms with Gasteiger partial charge < -0.3 is 14.6 Å². The number of rotatable bonds is 5. The fraction of sp³-hybridized carbons (Fsp3) is 0.200. The summed E-state index contributed by atoms with van der Waals surface area (Å²) < 4.78 is 14.0. The van der Waals surface area contributed by atoms with Crippen LogP contribution in [0, 0.1) is 0 Å². The molecule has 1 aromatic carbocycles. The number of hydrogen-bond donors (Lipinski definition) is 2. The summed E-state index contributed by atoms with van der Waals surface area (Å²) in [6, 6.07) is 7.57. The zero-order chi connectivity index (χ0) is 22.4. The highest BCUT2D eigenvalue weighted by atomic mass is 32.2. The maximum absolute atomic E-state index is 13.0. The molecule has 166 valence electrons. The number of fused-ring (bicyclic) bond motifs is 4. The van der Waals surface area contributed by atoms with Crippen LogP contribution in [0.3, 0.4) is 0 Å².